The van der Waals surface area contributed by atoms with Crippen molar-refractivity contribution in [2.24, 2.45) is 5.92 Å². The highest BCUT2D eigenvalue weighted by atomic mass is 32.2. The molecule has 1 aliphatic heterocycles. The van der Waals surface area contributed by atoms with Gasteiger partial charge in [-0.15, -0.1) is 13.2 Å². The third-order valence-electron chi connectivity index (χ3n) is 3.42. The Hall–Kier alpha value is -1.70. The minimum atomic E-state index is -4.74. The van der Waals surface area contributed by atoms with Crippen molar-refractivity contribution in [2.75, 3.05) is 17.2 Å². The van der Waals surface area contributed by atoms with Crippen molar-refractivity contribution in [2.45, 2.75) is 26.6 Å². The number of rotatable bonds is 4. The zero-order valence-electron chi connectivity index (χ0n) is 12.6. The zero-order chi connectivity index (χ0) is 17.2. The van der Waals surface area contributed by atoms with E-state index in [0.717, 1.165) is 0 Å². The average molecular weight is 347 g/mol. The lowest BCUT2D eigenvalue weighted by Crippen LogP contribution is -2.25. The van der Waals surface area contributed by atoms with E-state index in [1.165, 1.54) is 36.9 Å². The van der Waals surface area contributed by atoms with Crippen LogP contribution in [0.2, 0.25) is 0 Å². The molecule has 1 aliphatic rings. The van der Waals surface area contributed by atoms with Crippen molar-refractivity contribution in [3.05, 3.63) is 23.8 Å². The predicted molar refractivity (Wildman–Crippen MR) is 81.5 cm³/mol. The lowest BCUT2D eigenvalue weighted by atomic mass is 10.1. The van der Waals surface area contributed by atoms with E-state index in [4.69, 9.17) is 0 Å². The maximum Gasteiger partial charge on any atom is 0.573 e. The molecule has 1 heterocycles. The molecule has 0 aromatic heterocycles. The summed E-state index contributed by atoms with van der Waals surface area (Å²) in [6, 6.07) is 3.91. The number of carbonyl (C=O) groups is 2. The van der Waals surface area contributed by atoms with Crippen molar-refractivity contribution < 1.29 is 27.5 Å². The number of amides is 1. The van der Waals surface area contributed by atoms with E-state index < -0.39 is 6.36 Å². The maximum atomic E-state index is 12.2. The Morgan fingerprint density at radius 2 is 2.13 bits per heavy atom. The SMILES string of the molecule is CC(=O)SCC1CC(=O)N(c2ccc(OC(F)(F)F)cc2C)C1. The molecule has 0 bridgehead atoms. The third kappa shape index (κ3) is 4.89. The number of anilines is 1. The average Bonchev–Trinajstić information content (AvgIpc) is 2.76. The van der Waals surface area contributed by atoms with Crippen LogP contribution in [-0.4, -0.2) is 29.7 Å². The van der Waals surface area contributed by atoms with E-state index in [1.807, 2.05) is 0 Å². The first kappa shape index (κ1) is 17.7. The smallest absolute Gasteiger partial charge is 0.406 e. The van der Waals surface area contributed by atoms with Crippen LogP contribution in [-0.2, 0) is 9.59 Å². The molecule has 2 rings (SSSR count). The molecule has 0 spiro atoms. The molecule has 1 aromatic rings. The first-order chi connectivity index (χ1) is 10.7. The summed E-state index contributed by atoms with van der Waals surface area (Å²) in [5.74, 6) is 0.217. The van der Waals surface area contributed by atoms with Gasteiger partial charge in [0.05, 0.1) is 0 Å². The molecule has 1 atom stereocenters. The Kier molecular flexibility index (Phi) is 5.23. The molecule has 0 radical (unpaired) electrons. The van der Waals surface area contributed by atoms with Crippen molar-refractivity contribution in [3.63, 3.8) is 0 Å². The molecule has 1 aromatic carbocycles. The second kappa shape index (κ2) is 6.82. The first-order valence-electron chi connectivity index (χ1n) is 6.96. The van der Waals surface area contributed by atoms with E-state index in [2.05, 4.69) is 4.74 Å². The van der Waals surface area contributed by atoms with Gasteiger partial charge in [0, 0.05) is 31.3 Å². The minimum absolute atomic E-state index is 0.000678. The molecule has 1 saturated heterocycles. The molecule has 4 nitrogen and oxygen atoms in total. The minimum Gasteiger partial charge on any atom is -0.406 e. The fraction of sp³-hybridized carbons (Fsp3) is 0.467. The molecular weight excluding hydrogens is 331 g/mol. The highest BCUT2D eigenvalue weighted by molar-refractivity contribution is 8.13. The van der Waals surface area contributed by atoms with Gasteiger partial charge in [0.25, 0.3) is 0 Å². The molecule has 0 aliphatic carbocycles. The topological polar surface area (TPSA) is 46.6 Å². The van der Waals surface area contributed by atoms with Gasteiger partial charge in [-0.3, -0.25) is 9.59 Å². The highest BCUT2D eigenvalue weighted by Crippen LogP contribution is 2.33. The molecule has 8 heteroatoms. The summed E-state index contributed by atoms with van der Waals surface area (Å²) >= 11 is 1.18. The number of hydrogen-bond acceptors (Lipinski definition) is 4. The van der Waals surface area contributed by atoms with Crippen LogP contribution < -0.4 is 9.64 Å². The quantitative estimate of drug-likeness (QED) is 0.836. The highest BCUT2D eigenvalue weighted by Gasteiger charge is 2.33. The molecule has 1 amide bonds. The van der Waals surface area contributed by atoms with E-state index in [0.29, 0.717) is 30.0 Å². The summed E-state index contributed by atoms with van der Waals surface area (Å²) in [6.07, 6.45) is -4.41. The van der Waals surface area contributed by atoms with Crippen molar-refractivity contribution in [1.29, 1.82) is 0 Å². The van der Waals surface area contributed by atoms with Crippen LogP contribution in [0.3, 0.4) is 0 Å². The van der Waals surface area contributed by atoms with Gasteiger partial charge in [-0.25, -0.2) is 0 Å². The summed E-state index contributed by atoms with van der Waals surface area (Å²) in [4.78, 5) is 24.7. The van der Waals surface area contributed by atoms with Gasteiger partial charge in [-0.2, -0.15) is 0 Å². The second-order valence-corrected chi connectivity index (χ2v) is 6.57. The van der Waals surface area contributed by atoms with Crippen LogP contribution >= 0.6 is 11.8 Å². The Bertz CT molecular complexity index is 618. The van der Waals surface area contributed by atoms with Crippen LogP contribution in [0.15, 0.2) is 18.2 Å². The molecule has 0 N–H and O–H groups in total. The second-order valence-electron chi connectivity index (χ2n) is 5.37. The standard InChI is InChI=1S/C15H16F3NO3S/c1-9-5-12(22-15(16,17)18)3-4-13(9)19-7-11(6-14(19)21)8-23-10(2)20/h3-5,11H,6-8H2,1-2H3. The number of aryl methyl sites for hydroxylation is 1. The van der Waals surface area contributed by atoms with E-state index in [-0.39, 0.29) is 22.7 Å². The molecular formula is C15H16F3NO3S. The van der Waals surface area contributed by atoms with Gasteiger partial charge < -0.3 is 9.64 Å². The number of ether oxygens (including phenoxy) is 1. The van der Waals surface area contributed by atoms with Gasteiger partial charge in [-0.1, -0.05) is 11.8 Å². The number of nitrogens with zero attached hydrogens (tertiary/aromatic N) is 1. The van der Waals surface area contributed by atoms with Crippen LogP contribution in [0.5, 0.6) is 5.75 Å². The number of benzene rings is 1. The molecule has 126 valence electrons. The van der Waals surface area contributed by atoms with Crippen molar-refractivity contribution >= 4 is 28.5 Å². The van der Waals surface area contributed by atoms with Crippen LogP contribution in [0.25, 0.3) is 0 Å². The van der Waals surface area contributed by atoms with E-state index >= 15 is 0 Å². The van der Waals surface area contributed by atoms with Crippen molar-refractivity contribution in [1.82, 2.24) is 0 Å². The normalized spacial score (nSPS) is 18.4. The number of halogens is 3. The summed E-state index contributed by atoms with van der Waals surface area (Å²) in [7, 11) is 0. The largest absolute Gasteiger partial charge is 0.573 e. The summed E-state index contributed by atoms with van der Waals surface area (Å²) in [5, 5.41) is 0.000678. The van der Waals surface area contributed by atoms with Gasteiger partial charge in [0.2, 0.25) is 5.91 Å². The zero-order valence-corrected chi connectivity index (χ0v) is 13.5. The number of hydrogen-bond donors (Lipinski definition) is 0. The van der Waals surface area contributed by atoms with Gasteiger partial charge >= 0.3 is 6.36 Å². The van der Waals surface area contributed by atoms with Gasteiger partial charge in [-0.05, 0) is 36.6 Å². The van der Waals surface area contributed by atoms with Crippen LogP contribution in [0.1, 0.15) is 18.9 Å². The summed E-state index contributed by atoms with van der Waals surface area (Å²) in [6.45, 7) is 3.56. The predicted octanol–water partition coefficient (Wildman–Crippen LogP) is 3.53. The molecule has 0 saturated carbocycles. The molecule has 1 fully saturated rings. The summed E-state index contributed by atoms with van der Waals surface area (Å²) in [5.41, 5.74) is 1.10. The fourth-order valence-corrected chi connectivity index (χ4v) is 3.18. The Balaban J connectivity index is 2.09. The van der Waals surface area contributed by atoms with E-state index in [1.54, 1.807) is 11.8 Å². The van der Waals surface area contributed by atoms with Crippen molar-refractivity contribution in [3.8, 4) is 5.75 Å². The van der Waals surface area contributed by atoms with Gasteiger partial charge in [0.1, 0.15) is 5.75 Å². The Morgan fingerprint density at radius 1 is 1.43 bits per heavy atom. The van der Waals surface area contributed by atoms with Gasteiger partial charge in [0.15, 0.2) is 5.12 Å². The van der Waals surface area contributed by atoms with Crippen LogP contribution in [0.4, 0.5) is 18.9 Å². The molecule has 23 heavy (non-hydrogen) atoms. The van der Waals surface area contributed by atoms with E-state index in [9.17, 15) is 22.8 Å². The lowest BCUT2D eigenvalue weighted by Gasteiger charge is -2.20. The van der Waals surface area contributed by atoms with Crippen LogP contribution in [0, 0.1) is 12.8 Å². The molecule has 1 unspecified atom stereocenters. The Labute approximate surface area is 136 Å². The number of carbonyl (C=O) groups excluding carboxylic acids is 2. The Morgan fingerprint density at radius 3 is 2.70 bits per heavy atom. The fourth-order valence-electron chi connectivity index (χ4n) is 2.49. The monoisotopic (exact) mass is 347 g/mol. The number of thioether (sulfide) groups is 1. The third-order valence-corrected chi connectivity index (χ3v) is 4.46. The maximum absolute atomic E-state index is 12.2. The lowest BCUT2D eigenvalue weighted by molar-refractivity contribution is -0.274. The summed E-state index contributed by atoms with van der Waals surface area (Å²) < 4.78 is 40.5. The number of alkyl halides is 3. The first-order valence-corrected chi connectivity index (χ1v) is 7.94.